The zero-order valence-corrected chi connectivity index (χ0v) is 18.1. The lowest BCUT2D eigenvalue weighted by atomic mass is 9.82. The van der Waals surface area contributed by atoms with Crippen LogP contribution in [0.3, 0.4) is 0 Å². The van der Waals surface area contributed by atoms with Crippen molar-refractivity contribution in [2.75, 3.05) is 0 Å². The molecule has 1 aromatic carbocycles. The molecule has 31 heavy (non-hydrogen) atoms. The predicted molar refractivity (Wildman–Crippen MR) is 121 cm³/mol. The Hall–Kier alpha value is -2.98. The summed E-state index contributed by atoms with van der Waals surface area (Å²) in [5.41, 5.74) is 1.34. The van der Waals surface area contributed by atoms with E-state index >= 15 is 0 Å². The summed E-state index contributed by atoms with van der Waals surface area (Å²) in [5, 5.41) is 21.4. The SMILES string of the molecule is N#CC1(n2cc([C@@H](NC(=O)c3ccc(-c4ccccc4)s3)C3CCCCC3)nn2)CC1.[HH]. The first-order valence-electron chi connectivity index (χ1n) is 11.0. The molecule has 0 unspecified atom stereocenters. The molecule has 1 amide bonds. The zero-order valence-electron chi connectivity index (χ0n) is 17.3. The molecule has 3 aromatic rings. The molecule has 2 aliphatic rings. The van der Waals surface area contributed by atoms with E-state index in [-0.39, 0.29) is 13.4 Å². The molecule has 0 bridgehead atoms. The monoisotopic (exact) mass is 433 g/mol. The average Bonchev–Trinajstić information content (AvgIpc) is 3.23. The van der Waals surface area contributed by atoms with Crippen molar-refractivity contribution in [3.05, 3.63) is 59.2 Å². The highest BCUT2D eigenvalue weighted by molar-refractivity contribution is 7.17. The van der Waals surface area contributed by atoms with Gasteiger partial charge in [0.25, 0.3) is 5.91 Å². The van der Waals surface area contributed by atoms with Crippen LogP contribution in [0.2, 0.25) is 0 Å². The molecular formula is C24H27N5OS. The Morgan fingerprint density at radius 2 is 1.97 bits per heavy atom. The van der Waals surface area contributed by atoms with Crippen LogP contribution < -0.4 is 5.32 Å². The van der Waals surface area contributed by atoms with Crippen molar-refractivity contribution >= 4 is 17.2 Å². The van der Waals surface area contributed by atoms with Crippen LogP contribution in [-0.4, -0.2) is 20.9 Å². The van der Waals surface area contributed by atoms with Gasteiger partial charge in [-0.3, -0.25) is 4.79 Å². The molecule has 0 radical (unpaired) electrons. The Kier molecular flexibility index (Phi) is 5.33. The first kappa shape index (κ1) is 20.0. The van der Waals surface area contributed by atoms with Gasteiger partial charge in [-0.2, -0.15) is 5.26 Å². The van der Waals surface area contributed by atoms with E-state index in [0.717, 1.165) is 41.8 Å². The molecule has 2 saturated carbocycles. The Morgan fingerprint density at radius 3 is 2.68 bits per heavy atom. The highest BCUT2D eigenvalue weighted by atomic mass is 32.1. The Labute approximate surface area is 187 Å². The second kappa shape index (κ2) is 8.27. The zero-order chi connectivity index (χ0) is 21.3. The number of rotatable bonds is 6. The van der Waals surface area contributed by atoms with E-state index in [2.05, 4.69) is 33.8 Å². The third kappa shape index (κ3) is 4.00. The third-order valence-electron chi connectivity index (χ3n) is 6.50. The van der Waals surface area contributed by atoms with Gasteiger partial charge < -0.3 is 5.32 Å². The van der Waals surface area contributed by atoms with E-state index in [1.807, 2.05) is 36.5 Å². The van der Waals surface area contributed by atoms with E-state index in [0.29, 0.717) is 10.8 Å². The molecule has 2 heterocycles. The summed E-state index contributed by atoms with van der Waals surface area (Å²) in [6, 6.07) is 16.2. The van der Waals surface area contributed by atoms with Crippen molar-refractivity contribution in [1.82, 2.24) is 20.3 Å². The van der Waals surface area contributed by atoms with E-state index in [1.54, 1.807) is 4.68 Å². The van der Waals surface area contributed by atoms with Gasteiger partial charge in [0.2, 0.25) is 0 Å². The number of nitriles is 1. The Bertz CT molecular complexity index is 1110. The van der Waals surface area contributed by atoms with Gasteiger partial charge >= 0.3 is 0 Å². The minimum absolute atomic E-state index is 0. The summed E-state index contributed by atoms with van der Waals surface area (Å²) in [7, 11) is 0. The van der Waals surface area contributed by atoms with Crippen LogP contribution in [0, 0.1) is 17.2 Å². The summed E-state index contributed by atoms with van der Waals surface area (Å²) >= 11 is 1.50. The van der Waals surface area contributed by atoms with Crippen LogP contribution in [0.15, 0.2) is 48.7 Å². The second-order valence-electron chi connectivity index (χ2n) is 8.61. The van der Waals surface area contributed by atoms with Gasteiger partial charge in [0.05, 0.1) is 23.2 Å². The number of carbonyl (C=O) groups is 1. The Morgan fingerprint density at radius 1 is 1.19 bits per heavy atom. The van der Waals surface area contributed by atoms with Gasteiger partial charge in [0.15, 0.2) is 5.54 Å². The number of nitrogens with one attached hydrogen (secondary N) is 1. The standard InChI is InChI=1S/C24H25N5OS.H2/c25-16-24(13-14-24)29-15-19(27-28-29)22(18-9-5-2-6-10-18)26-23(30)21-12-11-20(31-21)17-7-3-1-4-8-17;/h1,3-4,7-8,11-12,15,18,22H,2,5-6,9-10,13-14H2,(H,26,30);1H/t22-;/m0./s1. The molecule has 160 valence electrons. The predicted octanol–water partition coefficient (Wildman–Crippen LogP) is 5.32. The molecule has 2 aliphatic carbocycles. The summed E-state index contributed by atoms with van der Waals surface area (Å²) in [5.74, 6) is 0.271. The molecule has 0 saturated heterocycles. The van der Waals surface area contributed by atoms with Crippen LogP contribution in [0.4, 0.5) is 0 Å². The van der Waals surface area contributed by atoms with Gasteiger partial charge in [0.1, 0.15) is 5.69 Å². The highest BCUT2D eigenvalue weighted by Crippen LogP contribution is 2.43. The van der Waals surface area contributed by atoms with Crippen LogP contribution in [0.1, 0.15) is 67.8 Å². The molecule has 0 spiro atoms. The van der Waals surface area contributed by atoms with E-state index in [4.69, 9.17) is 0 Å². The maximum atomic E-state index is 13.2. The highest BCUT2D eigenvalue weighted by Gasteiger charge is 2.47. The van der Waals surface area contributed by atoms with Crippen molar-refractivity contribution in [3.63, 3.8) is 0 Å². The summed E-state index contributed by atoms with van der Waals surface area (Å²) in [4.78, 5) is 15.0. The van der Waals surface area contributed by atoms with Crippen molar-refractivity contribution in [2.45, 2.75) is 56.5 Å². The molecule has 2 fully saturated rings. The van der Waals surface area contributed by atoms with Gasteiger partial charge in [-0.25, -0.2) is 4.68 Å². The minimum Gasteiger partial charge on any atom is -0.343 e. The molecule has 1 atom stereocenters. The fourth-order valence-corrected chi connectivity index (χ4v) is 5.38. The Balaban J connectivity index is 0.00000245. The number of benzene rings is 1. The first-order valence-corrected chi connectivity index (χ1v) is 11.8. The molecule has 2 aromatic heterocycles. The maximum Gasteiger partial charge on any atom is 0.261 e. The number of hydrogen-bond acceptors (Lipinski definition) is 5. The van der Waals surface area contributed by atoms with Crippen molar-refractivity contribution in [2.24, 2.45) is 5.92 Å². The summed E-state index contributed by atoms with van der Waals surface area (Å²) in [6.45, 7) is 0. The minimum atomic E-state index is -0.537. The van der Waals surface area contributed by atoms with Crippen LogP contribution in [-0.2, 0) is 5.54 Å². The van der Waals surface area contributed by atoms with Crippen molar-refractivity contribution in [1.29, 1.82) is 5.26 Å². The van der Waals surface area contributed by atoms with Gasteiger partial charge in [-0.1, -0.05) is 54.8 Å². The molecule has 1 N–H and O–H groups in total. The lowest BCUT2D eigenvalue weighted by Gasteiger charge is -2.29. The fourth-order valence-electron chi connectivity index (χ4n) is 4.47. The molecule has 6 nitrogen and oxygen atoms in total. The maximum absolute atomic E-state index is 13.2. The van der Waals surface area contributed by atoms with Gasteiger partial charge in [-0.15, -0.1) is 16.4 Å². The van der Waals surface area contributed by atoms with Gasteiger partial charge in [0, 0.05) is 6.30 Å². The lowest BCUT2D eigenvalue weighted by Crippen LogP contribution is -2.34. The fraction of sp³-hybridized carbons (Fsp3) is 0.417. The van der Waals surface area contributed by atoms with Crippen LogP contribution >= 0.6 is 11.3 Å². The lowest BCUT2D eigenvalue weighted by molar-refractivity contribution is 0.0915. The second-order valence-corrected chi connectivity index (χ2v) is 9.69. The number of amides is 1. The average molecular weight is 434 g/mol. The van der Waals surface area contributed by atoms with E-state index in [1.165, 1.54) is 30.6 Å². The number of carbonyl (C=O) groups excluding carboxylic acids is 1. The molecular weight excluding hydrogens is 406 g/mol. The van der Waals surface area contributed by atoms with E-state index in [9.17, 15) is 10.1 Å². The topological polar surface area (TPSA) is 83.6 Å². The number of aromatic nitrogens is 3. The number of thiophene rings is 1. The van der Waals surface area contributed by atoms with Crippen molar-refractivity contribution in [3.8, 4) is 16.5 Å². The first-order chi connectivity index (χ1) is 15.2. The van der Waals surface area contributed by atoms with Crippen molar-refractivity contribution < 1.29 is 6.22 Å². The third-order valence-corrected chi connectivity index (χ3v) is 7.63. The van der Waals surface area contributed by atoms with Gasteiger partial charge in [-0.05, 0) is 49.3 Å². The van der Waals surface area contributed by atoms with Crippen LogP contribution in [0.5, 0.6) is 0 Å². The van der Waals surface area contributed by atoms with Crippen LogP contribution in [0.25, 0.3) is 10.4 Å². The molecule has 7 heteroatoms. The number of hydrogen-bond donors (Lipinski definition) is 1. The number of nitrogens with zero attached hydrogens (tertiary/aromatic N) is 4. The quantitative estimate of drug-likeness (QED) is 0.570. The summed E-state index contributed by atoms with van der Waals surface area (Å²) in [6.07, 6.45) is 9.22. The normalized spacial score (nSPS) is 18.8. The molecule has 5 rings (SSSR count). The largest absolute Gasteiger partial charge is 0.343 e. The molecule has 0 aliphatic heterocycles. The summed E-state index contributed by atoms with van der Waals surface area (Å²) < 4.78 is 1.70. The smallest absolute Gasteiger partial charge is 0.261 e. The van der Waals surface area contributed by atoms with E-state index < -0.39 is 5.54 Å².